The standard InChI is InChI=1S/C22H28N2O5S/c1-3-29-17-10-9-15(13-18(17)28-2)14-19-21(26)24(22(27)30-19)12-11-23-20(25)16-7-5-4-6-8-16/h9-10,13-14,16H,3-8,11-12H2,1-2H3,(H,23,25)/b19-14-. The van der Waals surface area contributed by atoms with E-state index in [1.54, 1.807) is 25.3 Å². The molecule has 1 saturated carbocycles. The average Bonchev–Trinajstić information content (AvgIpc) is 3.02. The highest BCUT2D eigenvalue weighted by Gasteiger charge is 2.35. The summed E-state index contributed by atoms with van der Waals surface area (Å²) >= 11 is 0.905. The molecule has 2 fully saturated rings. The number of amides is 3. The van der Waals surface area contributed by atoms with Gasteiger partial charge in [-0.3, -0.25) is 19.3 Å². The van der Waals surface area contributed by atoms with Crippen molar-refractivity contribution in [1.29, 1.82) is 0 Å². The molecule has 0 unspecified atom stereocenters. The first kappa shape index (κ1) is 22.2. The number of thioether (sulfide) groups is 1. The summed E-state index contributed by atoms with van der Waals surface area (Å²) in [5.74, 6) is 0.931. The van der Waals surface area contributed by atoms with Gasteiger partial charge in [-0.2, -0.15) is 0 Å². The molecule has 1 aliphatic heterocycles. The van der Waals surface area contributed by atoms with Gasteiger partial charge in [-0.25, -0.2) is 0 Å². The summed E-state index contributed by atoms with van der Waals surface area (Å²) in [7, 11) is 1.55. The number of methoxy groups -OCH3 is 1. The third-order valence-electron chi connectivity index (χ3n) is 5.27. The fourth-order valence-electron chi connectivity index (χ4n) is 3.69. The van der Waals surface area contributed by atoms with Crippen molar-refractivity contribution in [2.75, 3.05) is 26.8 Å². The summed E-state index contributed by atoms with van der Waals surface area (Å²) in [5, 5.41) is 2.55. The zero-order valence-electron chi connectivity index (χ0n) is 17.4. The fraction of sp³-hybridized carbons (Fsp3) is 0.500. The fourth-order valence-corrected chi connectivity index (χ4v) is 4.56. The van der Waals surface area contributed by atoms with Crippen LogP contribution in [-0.4, -0.2) is 48.8 Å². The minimum Gasteiger partial charge on any atom is -0.493 e. The van der Waals surface area contributed by atoms with Crippen LogP contribution in [0.1, 0.15) is 44.6 Å². The Balaban J connectivity index is 1.59. The maximum Gasteiger partial charge on any atom is 0.293 e. The molecule has 0 atom stereocenters. The van der Waals surface area contributed by atoms with Gasteiger partial charge in [-0.05, 0) is 55.3 Å². The molecule has 1 aliphatic carbocycles. The highest BCUT2D eigenvalue weighted by atomic mass is 32.2. The molecule has 1 heterocycles. The highest BCUT2D eigenvalue weighted by molar-refractivity contribution is 8.18. The van der Waals surface area contributed by atoms with Crippen molar-refractivity contribution < 1.29 is 23.9 Å². The number of benzene rings is 1. The second-order valence-corrected chi connectivity index (χ2v) is 8.30. The smallest absolute Gasteiger partial charge is 0.293 e. The summed E-state index contributed by atoms with van der Waals surface area (Å²) in [6.07, 6.45) is 6.87. The molecule has 0 spiro atoms. The van der Waals surface area contributed by atoms with E-state index >= 15 is 0 Å². The molecule has 8 heteroatoms. The number of hydrogen-bond acceptors (Lipinski definition) is 6. The van der Waals surface area contributed by atoms with Crippen molar-refractivity contribution in [3.05, 3.63) is 28.7 Å². The minimum atomic E-state index is -0.343. The lowest BCUT2D eigenvalue weighted by molar-refractivity contribution is -0.127. The number of ether oxygens (including phenoxy) is 2. The molecular weight excluding hydrogens is 404 g/mol. The molecule has 3 amide bonds. The molecule has 1 aromatic rings. The highest BCUT2D eigenvalue weighted by Crippen LogP contribution is 2.34. The van der Waals surface area contributed by atoms with E-state index in [2.05, 4.69) is 5.32 Å². The number of carbonyl (C=O) groups is 3. The topological polar surface area (TPSA) is 84.9 Å². The van der Waals surface area contributed by atoms with E-state index < -0.39 is 0 Å². The van der Waals surface area contributed by atoms with Gasteiger partial charge >= 0.3 is 0 Å². The molecule has 30 heavy (non-hydrogen) atoms. The van der Waals surface area contributed by atoms with Gasteiger partial charge in [0, 0.05) is 19.0 Å². The lowest BCUT2D eigenvalue weighted by Gasteiger charge is -2.21. The van der Waals surface area contributed by atoms with E-state index in [1.807, 2.05) is 13.0 Å². The molecule has 2 aliphatic rings. The van der Waals surface area contributed by atoms with E-state index in [1.165, 1.54) is 11.3 Å². The van der Waals surface area contributed by atoms with Gasteiger partial charge in [0.25, 0.3) is 11.1 Å². The van der Waals surface area contributed by atoms with Gasteiger partial charge in [-0.1, -0.05) is 25.3 Å². The monoisotopic (exact) mass is 432 g/mol. The Bertz CT molecular complexity index is 833. The zero-order chi connectivity index (χ0) is 21.5. The molecule has 1 aromatic carbocycles. The number of hydrogen-bond donors (Lipinski definition) is 1. The van der Waals surface area contributed by atoms with Crippen LogP contribution in [0.3, 0.4) is 0 Å². The summed E-state index contributed by atoms with van der Waals surface area (Å²) in [5.41, 5.74) is 0.742. The van der Waals surface area contributed by atoms with Crippen LogP contribution >= 0.6 is 11.8 Å². The maximum atomic E-state index is 12.7. The number of rotatable bonds is 8. The normalized spacial score (nSPS) is 18.7. The van der Waals surface area contributed by atoms with Crippen LogP contribution in [0.15, 0.2) is 23.1 Å². The lowest BCUT2D eigenvalue weighted by atomic mass is 9.89. The molecule has 1 N–H and O–H groups in total. The van der Waals surface area contributed by atoms with Crippen molar-refractivity contribution in [3.8, 4) is 11.5 Å². The Hall–Kier alpha value is -2.48. The van der Waals surface area contributed by atoms with Crippen molar-refractivity contribution in [1.82, 2.24) is 10.2 Å². The van der Waals surface area contributed by atoms with Crippen LogP contribution in [0.4, 0.5) is 4.79 Å². The molecule has 3 rings (SSSR count). The van der Waals surface area contributed by atoms with Crippen molar-refractivity contribution in [2.24, 2.45) is 5.92 Å². The van der Waals surface area contributed by atoms with E-state index in [9.17, 15) is 14.4 Å². The molecule has 0 aromatic heterocycles. The van der Waals surface area contributed by atoms with E-state index in [-0.39, 0.29) is 36.1 Å². The minimum absolute atomic E-state index is 0.0266. The Morgan fingerprint density at radius 2 is 2.00 bits per heavy atom. The van der Waals surface area contributed by atoms with E-state index in [4.69, 9.17) is 9.47 Å². The third kappa shape index (κ3) is 5.36. The van der Waals surface area contributed by atoms with Crippen molar-refractivity contribution in [3.63, 3.8) is 0 Å². The molecule has 162 valence electrons. The van der Waals surface area contributed by atoms with Gasteiger partial charge in [0.1, 0.15) is 0 Å². The lowest BCUT2D eigenvalue weighted by Crippen LogP contribution is -2.39. The SMILES string of the molecule is CCOc1ccc(/C=C2\SC(=O)N(CCNC(=O)C3CCCCC3)C2=O)cc1OC. The first-order valence-corrected chi connectivity index (χ1v) is 11.2. The average molecular weight is 433 g/mol. The second-order valence-electron chi connectivity index (χ2n) is 7.30. The maximum absolute atomic E-state index is 12.7. The van der Waals surface area contributed by atoms with Gasteiger partial charge in [-0.15, -0.1) is 0 Å². The Kier molecular flexibility index (Phi) is 7.79. The Morgan fingerprint density at radius 3 is 2.70 bits per heavy atom. The molecular formula is C22H28N2O5S. The molecule has 7 nitrogen and oxygen atoms in total. The van der Waals surface area contributed by atoms with Gasteiger partial charge < -0.3 is 14.8 Å². The van der Waals surface area contributed by atoms with Crippen molar-refractivity contribution in [2.45, 2.75) is 39.0 Å². The predicted octanol–water partition coefficient (Wildman–Crippen LogP) is 3.83. The first-order valence-electron chi connectivity index (χ1n) is 10.4. The summed E-state index contributed by atoms with van der Waals surface area (Å²) in [4.78, 5) is 38.7. The predicted molar refractivity (Wildman–Crippen MR) is 116 cm³/mol. The summed E-state index contributed by atoms with van der Waals surface area (Å²) < 4.78 is 10.8. The molecule has 0 bridgehead atoms. The van der Waals surface area contributed by atoms with Crippen molar-refractivity contribution >= 4 is 34.9 Å². The number of nitrogens with zero attached hydrogens (tertiary/aromatic N) is 1. The van der Waals surface area contributed by atoms with Crippen LogP contribution in [0.25, 0.3) is 6.08 Å². The van der Waals surface area contributed by atoms with Gasteiger partial charge in [0.2, 0.25) is 5.91 Å². The largest absolute Gasteiger partial charge is 0.493 e. The Labute approximate surface area is 181 Å². The van der Waals surface area contributed by atoms with E-state index in [0.29, 0.717) is 23.0 Å². The van der Waals surface area contributed by atoms with Crippen LogP contribution in [-0.2, 0) is 9.59 Å². The Morgan fingerprint density at radius 1 is 1.23 bits per heavy atom. The van der Waals surface area contributed by atoms with Gasteiger partial charge in [0.15, 0.2) is 11.5 Å². The quantitative estimate of drug-likeness (QED) is 0.629. The first-order chi connectivity index (χ1) is 14.5. The number of carbonyl (C=O) groups excluding carboxylic acids is 3. The number of imide groups is 1. The molecule has 0 radical (unpaired) electrons. The van der Waals surface area contributed by atoms with E-state index in [0.717, 1.165) is 43.0 Å². The third-order valence-corrected chi connectivity index (χ3v) is 6.18. The van der Waals surface area contributed by atoms with Crippen LogP contribution in [0, 0.1) is 5.92 Å². The van der Waals surface area contributed by atoms with Crippen LogP contribution in [0.2, 0.25) is 0 Å². The summed E-state index contributed by atoms with van der Waals surface area (Å²) in [6, 6.07) is 5.36. The second kappa shape index (κ2) is 10.5. The molecule has 1 saturated heterocycles. The van der Waals surface area contributed by atoms with Crippen LogP contribution < -0.4 is 14.8 Å². The number of nitrogens with one attached hydrogen (secondary N) is 1. The van der Waals surface area contributed by atoms with Crippen LogP contribution in [0.5, 0.6) is 11.5 Å². The zero-order valence-corrected chi connectivity index (χ0v) is 18.3. The summed E-state index contributed by atoms with van der Waals surface area (Å²) in [6.45, 7) is 2.86. The van der Waals surface area contributed by atoms with Gasteiger partial charge in [0.05, 0.1) is 18.6 Å².